The highest BCUT2D eigenvalue weighted by Gasteiger charge is 2.18. The van der Waals surface area contributed by atoms with E-state index in [1.165, 1.54) is 0 Å². The van der Waals surface area contributed by atoms with Crippen LogP contribution in [0, 0.1) is 0 Å². The molecule has 0 saturated heterocycles. The van der Waals surface area contributed by atoms with Crippen molar-refractivity contribution in [3.05, 3.63) is 29.3 Å². The second-order valence-corrected chi connectivity index (χ2v) is 4.64. The fraction of sp³-hybridized carbons (Fsp3) is 0.400. The summed E-state index contributed by atoms with van der Waals surface area (Å²) in [5.74, 6) is 1.46. The van der Waals surface area contributed by atoms with Gasteiger partial charge in [-0.1, -0.05) is 6.92 Å². The van der Waals surface area contributed by atoms with Crippen LogP contribution >= 0.6 is 0 Å². The predicted molar refractivity (Wildman–Crippen MR) is 74.4 cm³/mol. The molecule has 1 aliphatic rings. The van der Waals surface area contributed by atoms with E-state index < -0.39 is 0 Å². The molecule has 1 aromatic carbocycles. The molecule has 0 aliphatic carbocycles. The van der Waals surface area contributed by atoms with Gasteiger partial charge in [-0.15, -0.1) is 0 Å². The van der Waals surface area contributed by atoms with Crippen LogP contribution < -0.4 is 14.8 Å². The number of hydrogen-bond acceptors (Lipinski definition) is 3. The minimum Gasteiger partial charge on any atom is -0.497 e. The number of fused-ring (bicyclic) bond motifs is 1. The maximum atomic E-state index is 12.0. The summed E-state index contributed by atoms with van der Waals surface area (Å²) in [5.41, 5.74) is 1.51. The third-order valence-corrected chi connectivity index (χ3v) is 3.21. The number of ether oxygens (including phenoxy) is 2. The van der Waals surface area contributed by atoms with Crippen LogP contribution in [0.25, 0.3) is 6.08 Å². The first-order chi connectivity index (χ1) is 9.13. The highest BCUT2D eigenvalue weighted by atomic mass is 16.5. The predicted octanol–water partition coefficient (Wildman–Crippen LogP) is 2.39. The van der Waals surface area contributed by atoms with Gasteiger partial charge in [0.2, 0.25) is 0 Å². The van der Waals surface area contributed by atoms with Gasteiger partial charge in [-0.2, -0.15) is 0 Å². The number of methoxy groups -OCH3 is 1. The van der Waals surface area contributed by atoms with Gasteiger partial charge in [0.15, 0.2) is 0 Å². The van der Waals surface area contributed by atoms with E-state index in [1.54, 1.807) is 7.11 Å². The van der Waals surface area contributed by atoms with Crippen molar-refractivity contribution in [2.75, 3.05) is 13.7 Å². The first-order valence-electron chi connectivity index (χ1n) is 6.46. The smallest absolute Gasteiger partial charge is 0.250 e. The number of rotatable bonds is 4. The number of benzene rings is 1. The van der Waals surface area contributed by atoms with Crippen molar-refractivity contribution in [1.29, 1.82) is 0 Å². The molecule has 1 aliphatic heterocycles. The molecule has 1 N–H and O–H groups in total. The fourth-order valence-corrected chi connectivity index (χ4v) is 1.83. The molecule has 0 saturated carbocycles. The summed E-state index contributed by atoms with van der Waals surface area (Å²) in [5, 5.41) is 2.94. The molecular formula is C15H19NO3. The second-order valence-electron chi connectivity index (χ2n) is 4.64. The Kier molecular flexibility index (Phi) is 4.10. The zero-order chi connectivity index (χ0) is 13.8. The number of hydrogen-bond donors (Lipinski definition) is 1. The molecule has 4 nitrogen and oxygen atoms in total. The number of amides is 1. The summed E-state index contributed by atoms with van der Waals surface area (Å²) in [6, 6.07) is 5.73. The van der Waals surface area contributed by atoms with Crippen molar-refractivity contribution in [2.45, 2.75) is 26.3 Å². The molecule has 1 atom stereocenters. The van der Waals surface area contributed by atoms with Gasteiger partial charge >= 0.3 is 0 Å². The fourth-order valence-electron chi connectivity index (χ4n) is 1.83. The Balaban J connectivity index is 2.20. The van der Waals surface area contributed by atoms with Crippen molar-refractivity contribution in [3.8, 4) is 11.5 Å². The summed E-state index contributed by atoms with van der Waals surface area (Å²) >= 11 is 0. The molecule has 19 heavy (non-hydrogen) atoms. The standard InChI is InChI=1S/C15H19NO3/c1-4-10(2)16-15(17)12-7-11-8-13(18-3)5-6-14(11)19-9-12/h5-8,10H,4,9H2,1-3H3,(H,16,17)/t10-/m1/s1. The molecule has 0 radical (unpaired) electrons. The molecule has 102 valence electrons. The molecule has 2 rings (SSSR count). The Morgan fingerprint density at radius 2 is 2.32 bits per heavy atom. The van der Waals surface area contributed by atoms with Crippen LogP contribution in [0.15, 0.2) is 23.8 Å². The quantitative estimate of drug-likeness (QED) is 0.905. The Hall–Kier alpha value is -1.97. The van der Waals surface area contributed by atoms with Gasteiger partial charge < -0.3 is 14.8 Å². The normalized spacial score (nSPS) is 14.8. The largest absolute Gasteiger partial charge is 0.497 e. The molecule has 1 aromatic rings. The molecule has 4 heteroatoms. The molecular weight excluding hydrogens is 242 g/mol. The lowest BCUT2D eigenvalue weighted by atomic mass is 10.1. The van der Waals surface area contributed by atoms with Gasteiger partial charge in [-0.05, 0) is 37.6 Å². The monoisotopic (exact) mass is 261 g/mol. The van der Waals surface area contributed by atoms with Crippen LogP contribution in [-0.2, 0) is 4.79 Å². The van der Waals surface area contributed by atoms with Crippen LogP contribution in [0.4, 0.5) is 0 Å². The van der Waals surface area contributed by atoms with Crippen molar-refractivity contribution < 1.29 is 14.3 Å². The average molecular weight is 261 g/mol. The molecule has 0 aromatic heterocycles. The second kappa shape index (κ2) is 5.78. The summed E-state index contributed by atoms with van der Waals surface area (Å²) < 4.78 is 10.8. The van der Waals surface area contributed by atoms with Crippen molar-refractivity contribution in [3.63, 3.8) is 0 Å². The van der Waals surface area contributed by atoms with E-state index in [-0.39, 0.29) is 11.9 Å². The topological polar surface area (TPSA) is 47.6 Å². The third kappa shape index (κ3) is 3.08. The molecule has 0 bridgehead atoms. The number of nitrogens with one attached hydrogen (secondary N) is 1. The van der Waals surface area contributed by atoms with E-state index in [0.29, 0.717) is 12.2 Å². The van der Waals surface area contributed by atoms with Gasteiger partial charge in [-0.25, -0.2) is 0 Å². The lowest BCUT2D eigenvalue weighted by Gasteiger charge is -2.19. The van der Waals surface area contributed by atoms with Crippen LogP contribution in [0.5, 0.6) is 11.5 Å². The average Bonchev–Trinajstić information content (AvgIpc) is 2.45. The first-order valence-corrected chi connectivity index (χ1v) is 6.46. The summed E-state index contributed by atoms with van der Waals surface area (Å²) in [6.45, 7) is 4.33. The van der Waals surface area contributed by atoms with E-state index in [9.17, 15) is 4.79 Å². The molecule has 0 fully saturated rings. The Morgan fingerprint density at radius 3 is 3.00 bits per heavy atom. The SMILES string of the molecule is CC[C@@H](C)NC(=O)C1=Cc2cc(OC)ccc2OC1. The van der Waals surface area contributed by atoms with Crippen LogP contribution in [0.3, 0.4) is 0 Å². The van der Waals surface area contributed by atoms with E-state index in [1.807, 2.05) is 38.1 Å². The van der Waals surface area contributed by atoms with Crippen molar-refractivity contribution in [2.24, 2.45) is 0 Å². The molecule has 0 spiro atoms. The Bertz CT molecular complexity index is 508. The zero-order valence-electron chi connectivity index (χ0n) is 11.5. The Labute approximate surface area is 113 Å². The van der Waals surface area contributed by atoms with E-state index in [4.69, 9.17) is 9.47 Å². The van der Waals surface area contributed by atoms with Crippen molar-refractivity contribution in [1.82, 2.24) is 5.32 Å². The third-order valence-electron chi connectivity index (χ3n) is 3.21. The van der Waals surface area contributed by atoms with Crippen LogP contribution in [-0.4, -0.2) is 25.7 Å². The number of carbonyl (C=O) groups excluding carboxylic acids is 1. The summed E-state index contributed by atoms with van der Waals surface area (Å²) in [7, 11) is 1.62. The zero-order valence-corrected chi connectivity index (χ0v) is 11.5. The highest BCUT2D eigenvalue weighted by molar-refractivity contribution is 5.99. The maximum absolute atomic E-state index is 12.0. The van der Waals surface area contributed by atoms with Crippen molar-refractivity contribution >= 4 is 12.0 Å². The Morgan fingerprint density at radius 1 is 1.53 bits per heavy atom. The lowest BCUT2D eigenvalue weighted by molar-refractivity contribution is -0.118. The molecule has 1 amide bonds. The first kappa shape index (κ1) is 13.5. The van der Waals surface area contributed by atoms with Crippen LogP contribution in [0.1, 0.15) is 25.8 Å². The molecule has 0 unspecified atom stereocenters. The minimum atomic E-state index is -0.0668. The van der Waals surface area contributed by atoms with E-state index >= 15 is 0 Å². The summed E-state index contributed by atoms with van der Waals surface area (Å²) in [6.07, 6.45) is 2.77. The van der Waals surface area contributed by atoms with Gasteiger partial charge in [-0.3, -0.25) is 4.79 Å². The maximum Gasteiger partial charge on any atom is 0.250 e. The minimum absolute atomic E-state index is 0.0668. The van der Waals surface area contributed by atoms with Gasteiger partial charge in [0.25, 0.3) is 5.91 Å². The van der Waals surface area contributed by atoms with Crippen LogP contribution in [0.2, 0.25) is 0 Å². The molecule has 1 heterocycles. The van der Waals surface area contributed by atoms with Gasteiger partial charge in [0.1, 0.15) is 18.1 Å². The number of carbonyl (C=O) groups is 1. The van der Waals surface area contributed by atoms with Gasteiger partial charge in [0, 0.05) is 11.6 Å². The highest BCUT2D eigenvalue weighted by Crippen LogP contribution is 2.29. The van der Waals surface area contributed by atoms with E-state index in [0.717, 1.165) is 23.5 Å². The summed E-state index contributed by atoms with van der Waals surface area (Å²) in [4.78, 5) is 12.0. The van der Waals surface area contributed by atoms with E-state index in [2.05, 4.69) is 5.32 Å². The van der Waals surface area contributed by atoms with Gasteiger partial charge in [0.05, 0.1) is 12.7 Å². The lowest BCUT2D eigenvalue weighted by Crippen LogP contribution is -2.35.